The lowest BCUT2D eigenvalue weighted by Gasteiger charge is -2.27. The number of aliphatic hydroxyl groups is 3. The van der Waals surface area contributed by atoms with Gasteiger partial charge in [-0.2, -0.15) is 0 Å². The zero-order chi connectivity index (χ0) is 24.2. The van der Waals surface area contributed by atoms with Gasteiger partial charge < -0.3 is 20.2 Å². The molecule has 0 aliphatic heterocycles. The van der Waals surface area contributed by atoms with Gasteiger partial charge in [0.25, 0.3) is 0 Å². The fourth-order valence-corrected chi connectivity index (χ4v) is 4.56. The normalized spacial score (nSPS) is 11.6. The number of rotatable bonds is 9. The molecule has 0 aromatic heterocycles. The molecule has 3 rings (SSSR count). The Bertz CT molecular complexity index is 1100. The zero-order valence-corrected chi connectivity index (χ0v) is 20.5. The standard InChI is InChI=1S/C29H37NO3/c1-6-29(33,7-2)26-12-13-27(21(4)14-26)23-10-8-20(3)28(16-23)30(5)17-22-9-11-24(18-31)25(15-22)19-32/h8-16,31-33H,6-7,17-19H2,1-5H3. The maximum absolute atomic E-state index is 10.9. The van der Waals surface area contributed by atoms with Crippen LogP contribution in [-0.2, 0) is 25.4 Å². The molecule has 3 aromatic carbocycles. The van der Waals surface area contributed by atoms with Crippen LogP contribution in [0.5, 0.6) is 0 Å². The highest BCUT2D eigenvalue weighted by molar-refractivity contribution is 5.73. The van der Waals surface area contributed by atoms with E-state index in [9.17, 15) is 15.3 Å². The van der Waals surface area contributed by atoms with Gasteiger partial charge in [0.2, 0.25) is 0 Å². The third-order valence-corrected chi connectivity index (χ3v) is 6.90. The number of hydrogen-bond acceptors (Lipinski definition) is 4. The highest BCUT2D eigenvalue weighted by Gasteiger charge is 2.25. The van der Waals surface area contributed by atoms with Gasteiger partial charge in [-0.3, -0.25) is 0 Å². The van der Waals surface area contributed by atoms with E-state index in [0.717, 1.165) is 44.6 Å². The molecule has 0 unspecified atom stereocenters. The van der Waals surface area contributed by atoms with E-state index in [1.807, 2.05) is 32.0 Å². The van der Waals surface area contributed by atoms with Gasteiger partial charge in [0, 0.05) is 19.3 Å². The second-order valence-electron chi connectivity index (χ2n) is 9.05. The molecule has 0 saturated carbocycles. The first-order chi connectivity index (χ1) is 15.8. The largest absolute Gasteiger partial charge is 0.392 e. The van der Waals surface area contributed by atoms with Crippen LogP contribution in [0.15, 0.2) is 54.6 Å². The predicted molar refractivity (Wildman–Crippen MR) is 136 cm³/mol. The summed E-state index contributed by atoms with van der Waals surface area (Å²) in [5.74, 6) is 0. The molecular weight excluding hydrogens is 410 g/mol. The quantitative estimate of drug-likeness (QED) is 0.400. The Balaban J connectivity index is 1.91. The molecule has 0 aliphatic carbocycles. The highest BCUT2D eigenvalue weighted by atomic mass is 16.3. The molecule has 33 heavy (non-hydrogen) atoms. The van der Waals surface area contributed by atoms with E-state index in [-0.39, 0.29) is 13.2 Å². The molecule has 4 nitrogen and oxygen atoms in total. The minimum absolute atomic E-state index is 0.0702. The van der Waals surface area contributed by atoms with E-state index in [4.69, 9.17) is 0 Å². The number of hydrogen-bond donors (Lipinski definition) is 3. The van der Waals surface area contributed by atoms with Crippen LogP contribution in [0, 0.1) is 13.8 Å². The molecule has 0 amide bonds. The minimum Gasteiger partial charge on any atom is -0.392 e. The highest BCUT2D eigenvalue weighted by Crippen LogP contribution is 2.34. The van der Waals surface area contributed by atoms with Crippen LogP contribution in [0.2, 0.25) is 0 Å². The summed E-state index contributed by atoms with van der Waals surface area (Å²) in [5, 5.41) is 30.0. The lowest BCUT2D eigenvalue weighted by atomic mass is 9.86. The summed E-state index contributed by atoms with van der Waals surface area (Å²) in [6.07, 6.45) is 1.39. The molecule has 0 radical (unpaired) electrons. The molecule has 0 fully saturated rings. The lowest BCUT2D eigenvalue weighted by Crippen LogP contribution is -2.23. The molecular formula is C29H37NO3. The monoisotopic (exact) mass is 447 g/mol. The molecule has 0 saturated heterocycles. The van der Waals surface area contributed by atoms with Crippen LogP contribution in [0.3, 0.4) is 0 Å². The van der Waals surface area contributed by atoms with E-state index >= 15 is 0 Å². The number of aliphatic hydroxyl groups excluding tert-OH is 2. The van der Waals surface area contributed by atoms with E-state index < -0.39 is 5.60 Å². The van der Waals surface area contributed by atoms with E-state index in [1.54, 1.807) is 0 Å². The summed E-state index contributed by atoms with van der Waals surface area (Å²) in [6, 6.07) is 18.7. The molecule has 0 heterocycles. The van der Waals surface area contributed by atoms with Crippen molar-refractivity contribution in [3.05, 3.63) is 88.0 Å². The Labute approximate surface area is 198 Å². The van der Waals surface area contributed by atoms with E-state index in [1.165, 1.54) is 5.56 Å². The van der Waals surface area contributed by atoms with Crippen LogP contribution < -0.4 is 4.90 Å². The van der Waals surface area contributed by atoms with Crippen molar-refractivity contribution >= 4 is 5.69 Å². The van der Waals surface area contributed by atoms with E-state index in [0.29, 0.717) is 19.4 Å². The van der Waals surface area contributed by atoms with Crippen molar-refractivity contribution in [1.29, 1.82) is 0 Å². The molecule has 0 aliphatic rings. The van der Waals surface area contributed by atoms with Crippen LogP contribution in [0.25, 0.3) is 11.1 Å². The van der Waals surface area contributed by atoms with Gasteiger partial charge in [-0.1, -0.05) is 62.4 Å². The van der Waals surface area contributed by atoms with Crippen LogP contribution in [0.1, 0.15) is 60.1 Å². The van der Waals surface area contributed by atoms with E-state index in [2.05, 4.69) is 62.2 Å². The summed E-state index contributed by atoms with van der Waals surface area (Å²) in [7, 11) is 2.07. The topological polar surface area (TPSA) is 63.9 Å². The van der Waals surface area contributed by atoms with Crippen molar-refractivity contribution < 1.29 is 15.3 Å². The summed E-state index contributed by atoms with van der Waals surface area (Å²) in [5.41, 5.74) is 8.61. The Morgan fingerprint density at radius 2 is 1.48 bits per heavy atom. The first-order valence-corrected chi connectivity index (χ1v) is 11.7. The Morgan fingerprint density at radius 1 is 0.788 bits per heavy atom. The molecule has 3 aromatic rings. The fraction of sp³-hybridized carbons (Fsp3) is 0.379. The third-order valence-electron chi connectivity index (χ3n) is 6.90. The van der Waals surface area contributed by atoms with Crippen molar-refractivity contribution in [1.82, 2.24) is 0 Å². The van der Waals surface area contributed by atoms with Crippen LogP contribution in [0.4, 0.5) is 5.69 Å². The average Bonchev–Trinajstić information content (AvgIpc) is 2.83. The summed E-state index contributed by atoms with van der Waals surface area (Å²) >= 11 is 0. The molecule has 0 bridgehead atoms. The number of aryl methyl sites for hydroxylation is 2. The number of anilines is 1. The average molecular weight is 448 g/mol. The molecule has 176 valence electrons. The van der Waals surface area contributed by atoms with Gasteiger partial charge in [0.1, 0.15) is 0 Å². The summed E-state index contributed by atoms with van der Waals surface area (Å²) in [6.45, 7) is 8.81. The summed E-state index contributed by atoms with van der Waals surface area (Å²) in [4.78, 5) is 2.21. The second-order valence-corrected chi connectivity index (χ2v) is 9.05. The zero-order valence-electron chi connectivity index (χ0n) is 20.5. The summed E-state index contributed by atoms with van der Waals surface area (Å²) < 4.78 is 0. The maximum atomic E-state index is 10.9. The van der Waals surface area contributed by atoms with Gasteiger partial charge in [-0.15, -0.1) is 0 Å². The number of nitrogens with zero attached hydrogens (tertiary/aromatic N) is 1. The molecule has 0 spiro atoms. The maximum Gasteiger partial charge on any atom is 0.0891 e. The smallest absolute Gasteiger partial charge is 0.0891 e. The van der Waals surface area contributed by atoms with Crippen LogP contribution >= 0.6 is 0 Å². The molecule has 3 N–H and O–H groups in total. The minimum atomic E-state index is -0.777. The predicted octanol–water partition coefficient (Wildman–Crippen LogP) is 5.60. The third kappa shape index (κ3) is 5.30. The second kappa shape index (κ2) is 10.5. The Kier molecular flexibility index (Phi) is 7.96. The van der Waals surface area contributed by atoms with Gasteiger partial charge >= 0.3 is 0 Å². The van der Waals surface area contributed by atoms with Crippen molar-refractivity contribution in [2.45, 2.75) is 65.9 Å². The van der Waals surface area contributed by atoms with Gasteiger partial charge in [-0.25, -0.2) is 0 Å². The van der Waals surface area contributed by atoms with Crippen LogP contribution in [-0.4, -0.2) is 22.4 Å². The lowest BCUT2D eigenvalue weighted by molar-refractivity contribution is 0.0283. The van der Waals surface area contributed by atoms with Gasteiger partial charge in [0.05, 0.1) is 18.8 Å². The van der Waals surface area contributed by atoms with Gasteiger partial charge in [-0.05, 0) is 77.3 Å². The Morgan fingerprint density at radius 3 is 2.09 bits per heavy atom. The van der Waals surface area contributed by atoms with Crippen molar-refractivity contribution in [3.63, 3.8) is 0 Å². The first-order valence-electron chi connectivity index (χ1n) is 11.7. The van der Waals surface area contributed by atoms with Crippen molar-refractivity contribution in [3.8, 4) is 11.1 Å². The Hall–Kier alpha value is -2.66. The first kappa shape index (κ1) is 25.0. The molecule has 0 atom stereocenters. The molecule has 4 heteroatoms. The fourth-order valence-electron chi connectivity index (χ4n) is 4.56. The SMILES string of the molecule is CCC(O)(CC)c1ccc(-c2ccc(C)c(N(C)Cc3ccc(CO)c(CO)c3)c2)c(C)c1. The van der Waals surface area contributed by atoms with Gasteiger partial charge in [0.15, 0.2) is 0 Å². The number of benzene rings is 3. The van der Waals surface area contributed by atoms with Crippen molar-refractivity contribution in [2.24, 2.45) is 0 Å². The van der Waals surface area contributed by atoms with Crippen molar-refractivity contribution in [2.75, 3.05) is 11.9 Å².